The van der Waals surface area contributed by atoms with Gasteiger partial charge in [0.2, 0.25) is 0 Å². The van der Waals surface area contributed by atoms with E-state index in [2.05, 4.69) is 43.4 Å². The molecule has 1 N–H and O–H groups in total. The van der Waals surface area contributed by atoms with Crippen molar-refractivity contribution >= 4 is 5.69 Å². The fraction of sp³-hybridized carbons (Fsp3) is 0.600. The third-order valence-corrected chi connectivity index (χ3v) is 3.62. The highest BCUT2D eigenvalue weighted by Crippen LogP contribution is 2.25. The molecule has 1 saturated carbocycles. The van der Waals surface area contributed by atoms with Gasteiger partial charge in [0.1, 0.15) is 0 Å². The van der Waals surface area contributed by atoms with E-state index in [1.54, 1.807) is 0 Å². The lowest BCUT2D eigenvalue weighted by molar-refractivity contribution is 0.580. The second kappa shape index (κ2) is 5.38. The van der Waals surface area contributed by atoms with Gasteiger partial charge in [-0.3, -0.25) is 0 Å². The highest BCUT2D eigenvalue weighted by Gasteiger charge is 2.14. The van der Waals surface area contributed by atoms with Crippen molar-refractivity contribution in [1.82, 2.24) is 0 Å². The van der Waals surface area contributed by atoms with E-state index in [0.717, 1.165) is 12.5 Å². The van der Waals surface area contributed by atoms with Gasteiger partial charge in [-0.05, 0) is 42.4 Å². The first-order valence-corrected chi connectivity index (χ1v) is 6.59. The topological polar surface area (TPSA) is 12.0 Å². The summed E-state index contributed by atoms with van der Waals surface area (Å²) in [5, 5.41) is 3.58. The molecule has 1 aromatic carbocycles. The van der Waals surface area contributed by atoms with Gasteiger partial charge in [-0.15, -0.1) is 0 Å². The lowest BCUT2D eigenvalue weighted by atomic mass is 10.0. The van der Waals surface area contributed by atoms with E-state index >= 15 is 0 Å². The Morgan fingerprint density at radius 2 is 2.00 bits per heavy atom. The Morgan fingerprint density at radius 3 is 2.69 bits per heavy atom. The number of hydrogen-bond acceptors (Lipinski definition) is 1. The summed E-state index contributed by atoms with van der Waals surface area (Å²) in [5.74, 6) is 1.52. The van der Waals surface area contributed by atoms with Crippen LogP contribution in [0.5, 0.6) is 0 Å². The molecule has 0 spiro atoms. The molecule has 0 radical (unpaired) electrons. The highest BCUT2D eigenvalue weighted by atomic mass is 14.9. The molecule has 2 rings (SSSR count). The summed E-state index contributed by atoms with van der Waals surface area (Å²) in [5.41, 5.74) is 2.72. The first kappa shape index (κ1) is 11.5. The average molecular weight is 217 g/mol. The summed E-state index contributed by atoms with van der Waals surface area (Å²) in [6.45, 7) is 5.65. The van der Waals surface area contributed by atoms with Gasteiger partial charge in [0.05, 0.1) is 0 Å². The van der Waals surface area contributed by atoms with Crippen molar-refractivity contribution in [3.8, 4) is 0 Å². The third kappa shape index (κ3) is 3.01. The number of anilines is 1. The molecule has 1 fully saturated rings. The molecule has 0 aromatic heterocycles. The monoisotopic (exact) mass is 217 g/mol. The van der Waals surface area contributed by atoms with Gasteiger partial charge in [-0.25, -0.2) is 0 Å². The van der Waals surface area contributed by atoms with Crippen LogP contribution in [0, 0.1) is 5.92 Å². The van der Waals surface area contributed by atoms with Crippen molar-refractivity contribution in [3.05, 3.63) is 29.8 Å². The van der Waals surface area contributed by atoms with Crippen LogP contribution in [0.4, 0.5) is 5.69 Å². The Balaban J connectivity index is 1.90. The van der Waals surface area contributed by atoms with Crippen LogP contribution in [0.15, 0.2) is 24.3 Å². The van der Waals surface area contributed by atoms with Crippen molar-refractivity contribution in [2.75, 3.05) is 11.9 Å². The Kier molecular flexibility index (Phi) is 3.87. The predicted molar refractivity (Wildman–Crippen MR) is 71.0 cm³/mol. The Hall–Kier alpha value is -0.980. The summed E-state index contributed by atoms with van der Waals surface area (Å²) in [4.78, 5) is 0. The van der Waals surface area contributed by atoms with Gasteiger partial charge in [-0.2, -0.15) is 0 Å². The van der Waals surface area contributed by atoms with Crippen LogP contribution in [0.1, 0.15) is 51.0 Å². The maximum absolute atomic E-state index is 3.58. The quantitative estimate of drug-likeness (QED) is 0.787. The maximum atomic E-state index is 3.58. The standard InChI is InChI=1S/C15H23N/c1-12(2)14-8-5-9-15(10-14)16-11-13-6-3-4-7-13/h5,8-10,12-13,16H,3-4,6-7,11H2,1-2H3. The summed E-state index contributed by atoms with van der Waals surface area (Å²) in [7, 11) is 0. The van der Waals surface area contributed by atoms with Crippen molar-refractivity contribution in [1.29, 1.82) is 0 Å². The molecule has 0 unspecified atom stereocenters. The van der Waals surface area contributed by atoms with Gasteiger partial charge >= 0.3 is 0 Å². The molecule has 1 aromatic rings. The van der Waals surface area contributed by atoms with Crippen molar-refractivity contribution in [2.45, 2.75) is 45.4 Å². The zero-order valence-corrected chi connectivity index (χ0v) is 10.5. The van der Waals surface area contributed by atoms with Gasteiger partial charge in [0, 0.05) is 12.2 Å². The first-order valence-electron chi connectivity index (χ1n) is 6.59. The Bertz CT molecular complexity index is 324. The molecule has 0 bridgehead atoms. The lowest BCUT2D eigenvalue weighted by Crippen LogP contribution is -2.10. The van der Waals surface area contributed by atoms with Crippen LogP contribution in [0.2, 0.25) is 0 Å². The smallest absolute Gasteiger partial charge is 0.0343 e. The molecule has 1 aliphatic rings. The minimum Gasteiger partial charge on any atom is -0.385 e. The van der Waals surface area contributed by atoms with E-state index in [4.69, 9.17) is 0 Å². The number of nitrogens with one attached hydrogen (secondary N) is 1. The van der Waals surface area contributed by atoms with Gasteiger partial charge in [-0.1, -0.05) is 38.8 Å². The van der Waals surface area contributed by atoms with Crippen LogP contribution in [-0.2, 0) is 0 Å². The molecule has 0 atom stereocenters. The molecule has 0 heterocycles. The van der Waals surface area contributed by atoms with E-state index in [-0.39, 0.29) is 0 Å². The zero-order valence-electron chi connectivity index (χ0n) is 10.5. The molecule has 1 nitrogen and oxygen atoms in total. The normalized spacial score (nSPS) is 16.9. The van der Waals surface area contributed by atoms with Crippen LogP contribution in [0.25, 0.3) is 0 Å². The van der Waals surface area contributed by atoms with Crippen LogP contribution in [-0.4, -0.2) is 6.54 Å². The molecule has 0 amide bonds. The molecule has 88 valence electrons. The van der Waals surface area contributed by atoms with E-state index in [1.807, 2.05) is 0 Å². The third-order valence-electron chi connectivity index (χ3n) is 3.62. The maximum Gasteiger partial charge on any atom is 0.0343 e. The molecule has 1 aliphatic carbocycles. The van der Waals surface area contributed by atoms with E-state index in [9.17, 15) is 0 Å². The second-order valence-electron chi connectivity index (χ2n) is 5.31. The molecule has 0 saturated heterocycles. The minimum absolute atomic E-state index is 0.619. The molecular formula is C15H23N. The van der Waals surface area contributed by atoms with E-state index < -0.39 is 0 Å². The highest BCUT2D eigenvalue weighted by molar-refractivity contribution is 5.46. The van der Waals surface area contributed by atoms with Gasteiger partial charge in [0.25, 0.3) is 0 Å². The minimum atomic E-state index is 0.619. The molecular weight excluding hydrogens is 194 g/mol. The van der Waals surface area contributed by atoms with E-state index in [1.165, 1.54) is 36.9 Å². The van der Waals surface area contributed by atoms with Gasteiger partial charge < -0.3 is 5.32 Å². The summed E-state index contributed by atoms with van der Waals surface area (Å²) in [6, 6.07) is 8.85. The van der Waals surface area contributed by atoms with Crippen molar-refractivity contribution in [3.63, 3.8) is 0 Å². The fourth-order valence-electron chi connectivity index (χ4n) is 2.48. The van der Waals surface area contributed by atoms with E-state index in [0.29, 0.717) is 5.92 Å². The fourth-order valence-corrected chi connectivity index (χ4v) is 2.48. The summed E-state index contributed by atoms with van der Waals surface area (Å²) < 4.78 is 0. The van der Waals surface area contributed by atoms with Crippen LogP contribution >= 0.6 is 0 Å². The predicted octanol–water partition coefficient (Wildman–Crippen LogP) is 4.41. The lowest BCUT2D eigenvalue weighted by Gasteiger charge is -2.13. The average Bonchev–Trinajstić information content (AvgIpc) is 2.79. The largest absolute Gasteiger partial charge is 0.385 e. The number of rotatable bonds is 4. The van der Waals surface area contributed by atoms with Crippen LogP contribution in [0.3, 0.4) is 0 Å². The Morgan fingerprint density at radius 1 is 1.25 bits per heavy atom. The first-order chi connectivity index (χ1) is 7.75. The summed E-state index contributed by atoms with van der Waals surface area (Å²) in [6.07, 6.45) is 5.69. The zero-order chi connectivity index (χ0) is 11.4. The SMILES string of the molecule is CC(C)c1cccc(NCC2CCCC2)c1. The number of benzene rings is 1. The van der Waals surface area contributed by atoms with Crippen LogP contribution < -0.4 is 5.32 Å². The van der Waals surface area contributed by atoms with Crippen molar-refractivity contribution < 1.29 is 0 Å². The molecule has 0 aliphatic heterocycles. The molecule has 1 heteroatoms. The number of hydrogen-bond donors (Lipinski definition) is 1. The Labute approximate surface area is 99.3 Å². The van der Waals surface area contributed by atoms with Crippen molar-refractivity contribution in [2.24, 2.45) is 5.92 Å². The van der Waals surface area contributed by atoms with Gasteiger partial charge in [0.15, 0.2) is 0 Å². The summed E-state index contributed by atoms with van der Waals surface area (Å²) >= 11 is 0. The molecule has 16 heavy (non-hydrogen) atoms. The second-order valence-corrected chi connectivity index (χ2v) is 5.31.